The summed E-state index contributed by atoms with van der Waals surface area (Å²) in [5.74, 6) is 1.43. The van der Waals surface area contributed by atoms with E-state index in [9.17, 15) is 0 Å². The van der Waals surface area contributed by atoms with Crippen LogP contribution in [-0.2, 0) is 0 Å². The Hall–Kier alpha value is -0.570. The molecule has 15 heavy (non-hydrogen) atoms. The van der Waals surface area contributed by atoms with Crippen LogP contribution in [0.3, 0.4) is 0 Å². The maximum absolute atomic E-state index is 6.11. The normalized spacial score (nSPS) is 18.7. The smallest absolute Gasteiger partial charge is 0.225 e. The van der Waals surface area contributed by atoms with Crippen molar-refractivity contribution >= 4 is 11.6 Å². The minimum Gasteiger partial charge on any atom is -0.298 e. The van der Waals surface area contributed by atoms with Gasteiger partial charge in [-0.15, -0.1) is 10.2 Å². The maximum Gasteiger partial charge on any atom is 0.225 e. The topological polar surface area (TPSA) is 30.7 Å². The zero-order valence-corrected chi connectivity index (χ0v) is 10.2. The third kappa shape index (κ3) is 2.17. The Labute approximate surface area is 95.8 Å². The Kier molecular flexibility index (Phi) is 3.29. The third-order valence-electron chi connectivity index (χ3n) is 3.14. The van der Waals surface area contributed by atoms with Crippen molar-refractivity contribution < 1.29 is 0 Å². The summed E-state index contributed by atoms with van der Waals surface area (Å²) in [6.07, 6.45) is 6.40. The fraction of sp³-hybridized carbons (Fsp3) is 0.818. The first kappa shape index (κ1) is 10.9. The predicted molar refractivity (Wildman–Crippen MR) is 61.2 cm³/mol. The highest BCUT2D eigenvalue weighted by Gasteiger charge is 2.22. The molecule has 1 aromatic heterocycles. The van der Waals surface area contributed by atoms with Crippen LogP contribution in [0.25, 0.3) is 0 Å². The van der Waals surface area contributed by atoms with Gasteiger partial charge in [0.05, 0.1) is 0 Å². The van der Waals surface area contributed by atoms with Crippen LogP contribution >= 0.6 is 11.6 Å². The molecule has 1 aromatic rings. The van der Waals surface area contributed by atoms with Crippen molar-refractivity contribution in [3.8, 4) is 0 Å². The van der Waals surface area contributed by atoms with E-state index in [4.69, 9.17) is 11.6 Å². The van der Waals surface area contributed by atoms with Crippen LogP contribution < -0.4 is 0 Å². The van der Waals surface area contributed by atoms with Crippen molar-refractivity contribution in [1.82, 2.24) is 14.8 Å². The number of rotatable bonds is 2. The second kappa shape index (κ2) is 4.52. The van der Waals surface area contributed by atoms with Gasteiger partial charge in [0.15, 0.2) is 0 Å². The van der Waals surface area contributed by atoms with Crippen LogP contribution in [-0.4, -0.2) is 14.8 Å². The Balaban J connectivity index is 2.28. The van der Waals surface area contributed by atoms with Gasteiger partial charge in [0.25, 0.3) is 0 Å². The van der Waals surface area contributed by atoms with E-state index in [1.165, 1.54) is 32.1 Å². The Morgan fingerprint density at radius 3 is 2.47 bits per heavy atom. The van der Waals surface area contributed by atoms with Crippen molar-refractivity contribution in [2.75, 3.05) is 0 Å². The molecule has 0 saturated heterocycles. The maximum atomic E-state index is 6.11. The lowest BCUT2D eigenvalue weighted by atomic mass is 9.95. The van der Waals surface area contributed by atoms with E-state index < -0.39 is 0 Å². The molecule has 84 valence electrons. The molecule has 0 amide bonds. The summed E-state index contributed by atoms with van der Waals surface area (Å²) < 4.78 is 2.14. The van der Waals surface area contributed by atoms with E-state index in [0.29, 0.717) is 17.2 Å². The molecule has 1 heterocycles. The van der Waals surface area contributed by atoms with Gasteiger partial charge in [0.1, 0.15) is 5.82 Å². The molecule has 4 heteroatoms. The molecule has 0 unspecified atom stereocenters. The molecule has 0 bridgehead atoms. The molecule has 0 spiro atoms. The fourth-order valence-electron chi connectivity index (χ4n) is 2.35. The second-order valence-electron chi connectivity index (χ2n) is 4.64. The molecule has 0 N–H and O–H groups in total. The molecule has 0 aliphatic heterocycles. The van der Waals surface area contributed by atoms with Crippen LogP contribution in [0.5, 0.6) is 0 Å². The standard InChI is InChI=1S/C11H18ClN3/c1-8(2)10-13-14-11(12)15(10)9-6-4-3-5-7-9/h8-9H,3-7H2,1-2H3. The average molecular weight is 228 g/mol. The quantitative estimate of drug-likeness (QED) is 0.774. The van der Waals surface area contributed by atoms with E-state index in [2.05, 4.69) is 28.6 Å². The van der Waals surface area contributed by atoms with Gasteiger partial charge in [-0.25, -0.2) is 0 Å². The minimum absolute atomic E-state index is 0.395. The monoisotopic (exact) mass is 227 g/mol. The predicted octanol–water partition coefficient (Wildman–Crippen LogP) is 3.56. The van der Waals surface area contributed by atoms with Gasteiger partial charge in [0, 0.05) is 12.0 Å². The molecule has 1 saturated carbocycles. The summed E-state index contributed by atoms with van der Waals surface area (Å²) in [4.78, 5) is 0. The summed E-state index contributed by atoms with van der Waals surface area (Å²) in [7, 11) is 0. The third-order valence-corrected chi connectivity index (χ3v) is 3.39. The summed E-state index contributed by atoms with van der Waals surface area (Å²) in [5.41, 5.74) is 0. The van der Waals surface area contributed by atoms with E-state index in [0.717, 1.165) is 5.82 Å². The molecule has 0 radical (unpaired) electrons. The molecular formula is C11H18ClN3. The summed E-state index contributed by atoms with van der Waals surface area (Å²) >= 11 is 6.11. The summed E-state index contributed by atoms with van der Waals surface area (Å²) in [5, 5.41) is 8.72. The molecular weight excluding hydrogens is 210 g/mol. The first-order valence-corrected chi connectivity index (χ1v) is 6.18. The van der Waals surface area contributed by atoms with E-state index in [1.807, 2.05) is 0 Å². The van der Waals surface area contributed by atoms with E-state index in [1.54, 1.807) is 0 Å². The Bertz CT molecular complexity index is 327. The van der Waals surface area contributed by atoms with Crippen molar-refractivity contribution in [2.24, 2.45) is 0 Å². The van der Waals surface area contributed by atoms with Crippen molar-refractivity contribution in [1.29, 1.82) is 0 Å². The molecule has 2 rings (SSSR count). The number of nitrogens with zero attached hydrogens (tertiary/aromatic N) is 3. The van der Waals surface area contributed by atoms with Gasteiger partial charge in [0.2, 0.25) is 5.28 Å². The second-order valence-corrected chi connectivity index (χ2v) is 4.98. The SMILES string of the molecule is CC(C)c1nnc(Cl)n1C1CCCCC1. The first-order chi connectivity index (χ1) is 7.20. The first-order valence-electron chi connectivity index (χ1n) is 5.80. The van der Waals surface area contributed by atoms with Crippen molar-refractivity contribution in [3.05, 3.63) is 11.1 Å². The number of aromatic nitrogens is 3. The van der Waals surface area contributed by atoms with Gasteiger partial charge in [-0.1, -0.05) is 33.1 Å². The Morgan fingerprint density at radius 2 is 1.87 bits per heavy atom. The zero-order valence-electron chi connectivity index (χ0n) is 9.41. The number of hydrogen-bond donors (Lipinski definition) is 0. The van der Waals surface area contributed by atoms with Crippen LogP contribution in [0.15, 0.2) is 0 Å². The minimum atomic E-state index is 0.395. The molecule has 1 fully saturated rings. The average Bonchev–Trinajstić information content (AvgIpc) is 2.61. The van der Waals surface area contributed by atoms with Gasteiger partial charge in [-0.3, -0.25) is 4.57 Å². The van der Waals surface area contributed by atoms with E-state index in [-0.39, 0.29) is 0 Å². The van der Waals surface area contributed by atoms with E-state index >= 15 is 0 Å². The molecule has 0 atom stereocenters. The molecule has 1 aliphatic rings. The molecule has 1 aliphatic carbocycles. The van der Waals surface area contributed by atoms with Gasteiger partial charge >= 0.3 is 0 Å². The van der Waals surface area contributed by atoms with Crippen LogP contribution in [0.2, 0.25) is 5.28 Å². The fourth-order valence-corrected chi connectivity index (χ4v) is 2.62. The van der Waals surface area contributed by atoms with Gasteiger partial charge < -0.3 is 0 Å². The summed E-state index contributed by atoms with van der Waals surface area (Å²) in [6, 6.07) is 0.527. The van der Waals surface area contributed by atoms with Gasteiger partial charge in [-0.05, 0) is 24.4 Å². The lowest BCUT2D eigenvalue weighted by molar-refractivity contribution is 0.343. The zero-order chi connectivity index (χ0) is 10.8. The lowest BCUT2D eigenvalue weighted by Crippen LogP contribution is -2.16. The Morgan fingerprint density at radius 1 is 1.20 bits per heavy atom. The van der Waals surface area contributed by atoms with Crippen molar-refractivity contribution in [2.45, 2.75) is 57.9 Å². The summed E-state index contributed by atoms with van der Waals surface area (Å²) in [6.45, 7) is 4.28. The highest BCUT2D eigenvalue weighted by molar-refractivity contribution is 6.28. The number of halogens is 1. The largest absolute Gasteiger partial charge is 0.298 e. The van der Waals surface area contributed by atoms with Crippen molar-refractivity contribution in [3.63, 3.8) is 0 Å². The highest BCUT2D eigenvalue weighted by Crippen LogP contribution is 2.32. The van der Waals surface area contributed by atoms with Crippen LogP contribution in [0.1, 0.15) is 63.7 Å². The van der Waals surface area contributed by atoms with Crippen LogP contribution in [0, 0.1) is 0 Å². The van der Waals surface area contributed by atoms with Crippen LogP contribution in [0.4, 0.5) is 0 Å². The lowest BCUT2D eigenvalue weighted by Gasteiger charge is -2.25. The molecule has 0 aromatic carbocycles. The molecule has 3 nitrogen and oxygen atoms in total. The number of hydrogen-bond acceptors (Lipinski definition) is 2. The highest BCUT2D eigenvalue weighted by atomic mass is 35.5. The van der Waals surface area contributed by atoms with Gasteiger partial charge in [-0.2, -0.15) is 0 Å².